The summed E-state index contributed by atoms with van der Waals surface area (Å²) in [6, 6.07) is 4.84. The molecule has 1 aliphatic rings. The van der Waals surface area contributed by atoms with Gasteiger partial charge < -0.3 is 5.11 Å². The third-order valence-electron chi connectivity index (χ3n) is 3.50. The van der Waals surface area contributed by atoms with Gasteiger partial charge in [-0.05, 0) is 30.4 Å². The molecular weight excluding hydrogens is 252 g/mol. The molecule has 0 amide bonds. The number of ketones is 1. The molecule has 0 aliphatic heterocycles. The lowest BCUT2D eigenvalue weighted by molar-refractivity contribution is -0.131. The fraction of sp³-hybridized carbons (Fsp3) is 0.429. The minimum atomic E-state index is -1.45. The van der Waals surface area contributed by atoms with E-state index >= 15 is 0 Å². The predicted molar refractivity (Wildman–Crippen MR) is 69.2 cm³/mol. The van der Waals surface area contributed by atoms with E-state index in [1.165, 1.54) is 25.3 Å². The molecule has 0 aromatic heterocycles. The van der Waals surface area contributed by atoms with Crippen molar-refractivity contribution in [2.45, 2.75) is 38.0 Å². The van der Waals surface area contributed by atoms with Gasteiger partial charge in [-0.2, -0.15) is 0 Å². The number of rotatable bonds is 3. The van der Waals surface area contributed by atoms with Gasteiger partial charge in [-0.25, -0.2) is 4.79 Å². The van der Waals surface area contributed by atoms with E-state index in [1.807, 2.05) is 0 Å². The van der Waals surface area contributed by atoms with Gasteiger partial charge in [0, 0.05) is 10.6 Å². The number of halogens is 1. The van der Waals surface area contributed by atoms with Crippen LogP contribution in [-0.2, 0) is 4.79 Å². The summed E-state index contributed by atoms with van der Waals surface area (Å²) in [5.41, 5.74) is 1.19. The van der Waals surface area contributed by atoms with E-state index in [0.29, 0.717) is 10.9 Å². The van der Waals surface area contributed by atoms with E-state index in [-0.39, 0.29) is 5.56 Å². The van der Waals surface area contributed by atoms with Crippen molar-refractivity contribution in [3.05, 3.63) is 34.3 Å². The Morgan fingerprint density at radius 3 is 2.39 bits per heavy atom. The second-order valence-corrected chi connectivity index (χ2v) is 5.11. The fourth-order valence-corrected chi connectivity index (χ4v) is 2.87. The van der Waals surface area contributed by atoms with Crippen LogP contribution >= 0.6 is 11.6 Å². The first-order valence-corrected chi connectivity index (χ1v) is 6.54. The number of Topliss-reactive ketones (excluding diaryl/α,β-unsaturated/α-hetero) is 1. The summed E-state index contributed by atoms with van der Waals surface area (Å²) in [7, 11) is 0. The van der Waals surface area contributed by atoms with Crippen molar-refractivity contribution in [1.82, 2.24) is 0 Å². The monoisotopic (exact) mass is 266 g/mol. The second kappa shape index (κ2) is 5.53. The molecule has 0 radical (unpaired) electrons. The molecule has 1 aromatic carbocycles. The molecule has 3 nitrogen and oxygen atoms in total. The van der Waals surface area contributed by atoms with Crippen LogP contribution in [-0.4, -0.2) is 16.9 Å². The maximum atomic E-state index is 11.3. The quantitative estimate of drug-likeness (QED) is 0.671. The molecule has 18 heavy (non-hydrogen) atoms. The Morgan fingerprint density at radius 2 is 1.83 bits per heavy atom. The third kappa shape index (κ3) is 2.72. The normalized spacial score (nSPS) is 16.5. The van der Waals surface area contributed by atoms with Crippen molar-refractivity contribution in [2.24, 2.45) is 0 Å². The molecule has 0 unspecified atom stereocenters. The molecular formula is C14H15ClO3. The highest BCUT2D eigenvalue weighted by molar-refractivity contribution is 6.40. The van der Waals surface area contributed by atoms with Crippen molar-refractivity contribution < 1.29 is 14.7 Å². The second-order valence-electron chi connectivity index (χ2n) is 4.71. The number of benzene rings is 1. The Bertz CT molecular complexity index is 476. The lowest BCUT2D eigenvalue weighted by Gasteiger charge is -2.23. The highest BCUT2D eigenvalue weighted by Crippen LogP contribution is 2.36. The third-order valence-corrected chi connectivity index (χ3v) is 3.83. The molecule has 96 valence electrons. The Hall–Kier alpha value is -1.35. The molecule has 0 bridgehead atoms. The summed E-state index contributed by atoms with van der Waals surface area (Å²) < 4.78 is 0. The standard InChI is InChI=1S/C14H15ClO3/c15-12-8-10(13(16)14(17)18)6-7-11(12)9-4-2-1-3-5-9/h6-9H,1-5H2,(H,17,18). The van der Waals surface area contributed by atoms with Gasteiger partial charge in [0.25, 0.3) is 5.78 Å². The maximum Gasteiger partial charge on any atom is 0.377 e. The topological polar surface area (TPSA) is 54.4 Å². The molecule has 0 spiro atoms. The molecule has 0 atom stereocenters. The predicted octanol–water partition coefficient (Wildman–Crippen LogP) is 3.66. The van der Waals surface area contributed by atoms with Gasteiger partial charge in [-0.15, -0.1) is 0 Å². The van der Waals surface area contributed by atoms with Crippen molar-refractivity contribution in [3.8, 4) is 0 Å². The molecule has 1 aromatic rings. The first-order chi connectivity index (χ1) is 8.59. The molecule has 1 saturated carbocycles. The largest absolute Gasteiger partial charge is 0.475 e. The van der Waals surface area contributed by atoms with Gasteiger partial charge >= 0.3 is 5.97 Å². The minimum absolute atomic E-state index is 0.145. The van der Waals surface area contributed by atoms with Crippen molar-refractivity contribution in [1.29, 1.82) is 0 Å². The average Bonchev–Trinajstić information content (AvgIpc) is 2.38. The zero-order valence-corrected chi connectivity index (χ0v) is 10.7. The number of hydrogen-bond acceptors (Lipinski definition) is 2. The summed E-state index contributed by atoms with van der Waals surface area (Å²) >= 11 is 6.17. The first kappa shape index (κ1) is 13.1. The highest BCUT2D eigenvalue weighted by Gasteiger charge is 2.20. The number of carbonyl (C=O) groups is 2. The van der Waals surface area contributed by atoms with Crippen LogP contribution in [0.5, 0.6) is 0 Å². The molecule has 2 rings (SSSR count). The van der Waals surface area contributed by atoms with Crippen LogP contribution in [0.2, 0.25) is 5.02 Å². The van der Waals surface area contributed by atoms with Crippen LogP contribution in [0.3, 0.4) is 0 Å². The Morgan fingerprint density at radius 1 is 1.17 bits per heavy atom. The van der Waals surface area contributed by atoms with Crippen LogP contribution < -0.4 is 0 Å². The van der Waals surface area contributed by atoms with E-state index in [9.17, 15) is 9.59 Å². The van der Waals surface area contributed by atoms with E-state index in [1.54, 1.807) is 12.1 Å². The number of carboxylic acids is 1. The smallest absolute Gasteiger partial charge is 0.377 e. The van der Waals surface area contributed by atoms with Crippen LogP contribution in [0.1, 0.15) is 53.9 Å². The van der Waals surface area contributed by atoms with Gasteiger partial charge in [0.05, 0.1) is 0 Å². The van der Waals surface area contributed by atoms with Gasteiger partial charge in [-0.3, -0.25) is 4.79 Å². The van der Waals surface area contributed by atoms with Crippen LogP contribution in [0.4, 0.5) is 0 Å². The number of carbonyl (C=O) groups excluding carboxylic acids is 1. The lowest BCUT2D eigenvalue weighted by atomic mass is 9.84. The Kier molecular flexibility index (Phi) is 4.02. The lowest BCUT2D eigenvalue weighted by Crippen LogP contribution is -2.13. The van der Waals surface area contributed by atoms with Crippen LogP contribution in [0.15, 0.2) is 18.2 Å². The average molecular weight is 267 g/mol. The summed E-state index contributed by atoms with van der Waals surface area (Å²) in [6.07, 6.45) is 5.91. The molecule has 1 aliphatic carbocycles. The van der Waals surface area contributed by atoms with Gasteiger partial charge in [0.2, 0.25) is 0 Å². The van der Waals surface area contributed by atoms with E-state index in [2.05, 4.69) is 0 Å². The number of hydrogen-bond donors (Lipinski definition) is 1. The summed E-state index contributed by atoms with van der Waals surface area (Å²) in [6.45, 7) is 0. The molecule has 1 fully saturated rings. The Labute approximate surface area is 111 Å². The summed E-state index contributed by atoms with van der Waals surface area (Å²) in [4.78, 5) is 21.9. The number of aliphatic carboxylic acids is 1. The molecule has 4 heteroatoms. The summed E-state index contributed by atoms with van der Waals surface area (Å²) in [5, 5.41) is 9.16. The van der Waals surface area contributed by atoms with Crippen LogP contribution in [0, 0.1) is 0 Å². The van der Waals surface area contributed by atoms with E-state index < -0.39 is 11.8 Å². The Balaban J connectivity index is 2.24. The highest BCUT2D eigenvalue weighted by atomic mass is 35.5. The molecule has 1 N–H and O–H groups in total. The fourth-order valence-electron chi connectivity index (χ4n) is 2.54. The van der Waals surface area contributed by atoms with Gasteiger partial charge in [-0.1, -0.05) is 43.0 Å². The molecule has 0 saturated heterocycles. The SMILES string of the molecule is O=C(O)C(=O)c1ccc(C2CCCCC2)c(Cl)c1. The summed E-state index contributed by atoms with van der Waals surface area (Å²) in [5.74, 6) is -1.91. The van der Waals surface area contributed by atoms with E-state index in [4.69, 9.17) is 16.7 Å². The number of carboxylic acid groups (broad SMARTS) is 1. The van der Waals surface area contributed by atoms with E-state index in [0.717, 1.165) is 18.4 Å². The first-order valence-electron chi connectivity index (χ1n) is 6.16. The van der Waals surface area contributed by atoms with Gasteiger partial charge in [0.1, 0.15) is 0 Å². The van der Waals surface area contributed by atoms with Crippen molar-refractivity contribution >= 4 is 23.4 Å². The van der Waals surface area contributed by atoms with Gasteiger partial charge in [0.15, 0.2) is 0 Å². The maximum absolute atomic E-state index is 11.3. The van der Waals surface area contributed by atoms with Crippen molar-refractivity contribution in [3.63, 3.8) is 0 Å². The zero-order chi connectivity index (χ0) is 13.1. The minimum Gasteiger partial charge on any atom is -0.475 e. The van der Waals surface area contributed by atoms with Crippen molar-refractivity contribution in [2.75, 3.05) is 0 Å². The van der Waals surface area contributed by atoms with Crippen LogP contribution in [0.25, 0.3) is 0 Å². The zero-order valence-electron chi connectivity index (χ0n) is 9.99. The molecule has 0 heterocycles.